The number of benzene rings is 1. The van der Waals surface area contributed by atoms with Crippen LogP contribution in [0.15, 0.2) is 24.3 Å². The lowest BCUT2D eigenvalue weighted by Crippen LogP contribution is -2.41. The summed E-state index contributed by atoms with van der Waals surface area (Å²) in [6.45, 7) is 1.34. The quantitative estimate of drug-likeness (QED) is 0.771. The topological polar surface area (TPSA) is 20.3 Å². The number of hydrogen-bond donors (Lipinski definition) is 0. The van der Waals surface area contributed by atoms with Crippen molar-refractivity contribution in [3.63, 3.8) is 0 Å². The van der Waals surface area contributed by atoms with Crippen molar-refractivity contribution in [2.75, 3.05) is 6.54 Å². The number of carbonyl (C=O) groups excluding carboxylic acids is 1. The van der Waals surface area contributed by atoms with Gasteiger partial charge in [-0.25, -0.2) is 8.78 Å². The highest BCUT2D eigenvalue weighted by Crippen LogP contribution is 2.37. The van der Waals surface area contributed by atoms with Gasteiger partial charge in [-0.2, -0.15) is 0 Å². The maximum Gasteiger partial charge on any atom is 0.248 e. The van der Waals surface area contributed by atoms with E-state index < -0.39 is 5.92 Å². The summed E-state index contributed by atoms with van der Waals surface area (Å²) in [6.07, 6.45) is 1.22. The van der Waals surface area contributed by atoms with Crippen molar-refractivity contribution in [2.45, 2.75) is 44.6 Å². The van der Waals surface area contributed by atoms with Crippen LogP contribution < -0.4 is 0 Å². The second kappa shape index (κ2) is 5.15. The van der Waals surface area contributed by atoms with Crippen molar-refractivity contribution >= 4 is 5.91 Å². The zero-order valence-electron chi connectivity index (χ0n) is 11.4. The molecule has 4 heteroatoms. The summed E-state index contributed by atoms with van der Waals surface area (Å²) < 4.78 is 26.3. The van der Waals surface area contributed by atoms with Gasteiger partial charge in [0.05, 0.1) is 0 Å². The molecule has 0 aromatic heterocycles. The lowest BCUT2D eigenvalue weighted by atomic mass is 9.85. The fourth-order valence-corrected chi connectivity index (χ4v) is 3.23. The number of halogens is 2. The minimum Gasteiger partial charge on any atom is -0.338 e. The molecule has 108 valence electrons. The zero-order chi connectivity index (χ0) is 14.2. The van der Waals surface area contributed by atoms with Crippen LogP contribution >= 0.6 is 0 Å². The molecule has 1 amide bonds. The summed E-state index contributed by atoms with van der Waals surface area (Å²) in [7, 11) is 0. The van der Waals surface area contributed by atoms with Gasteiger partial charge in [-0.3, -0.25) is 4.79 Å². The Morgan fingerprint density at radius 2 is 1.80 bits per heavy atom. The number of nitrogens with zero attached hydrogens (tertiary/aromatic N) is 1. The molecule has 2 nitrogen and oxygen atoms in total. The van der Waals surface area contributed by atoms with Gasteiger partial charge in [-0.1, -0.05) is 24.3 Å². The fraction of sp³-hybridized carbons (Fsp3) is 0.562. The molecular weight excluding hydrogens is 260 g/mol. The Kier molecular flexibility index (Phi) is 3.48. The first-order chi connectivity index (χ1) is 9.55. The SMILES string of the molecule is O=C(C1CCC(F)(F)CC1)N1CCc2ccccc2C1. The highest BCUT2D eigenvalue weighted by Gasteiger charge is 2.38. The second-order valence-corrected chi connectivity index (χ2v) is 5.91. The Morgan fingerprint density at radius 1 is 1.15 bits per heavy atom. The van der Waals surface area contributed by atoms with E-state index in [-0.39, 0.29) is 24.7 Å². The Morgan fingerprint density at radius 3 is 2.50 bits per heavy atom. The molecule has 0 radical (unpaired) electrons. The minimum absolute atomic E-state index is 0.0648. The van der Waals surface area contributed by atoms with Crippen LogP contribution in [0.4, 0.5) is 8.78 Å². The van der Waals surface area contributed by atoms with E-state index in [0.29, 0.717) is 25.9 Å². The molecule has 0 spiro atoms. The van der Waals surface area contributed by atoms with E-state index >= 15 is 0 Å². The molecule has 0 N–H and O–H groups in total. The second-order valence-electron chi connectivity index (χ2n) is 5.91. The predicted octanol–water partition coefficient (Wildman–Crippen LogP) is 3.40. The lowest BCUT2D eigenvalue weighted by Gasteiger charge is -2.34. The summed E-state index contributed by atoms with van der Waals surface area (Å²) in [6, 6.07) is 8.13. The molecule has 0 unspecified atom stereocenters. The van der Waals surface area contributed by atoms with Gasteiger partial charge in [0.2, 0.25) is 11.8 Å². The van der Waals surface area contributed by atoms with E-state index in [2.05, 4.69) is 6.07 Å². The molecule has 3 rings (SSSR count). The smallest absolute Gasteiger partial charge is 0.248 e. The first-order valence-electron chi connectivity index (χ1n) is 7.28. The van der Waals surface area contributed by atoms with Gasteiger partial charge >= 0.3 is 0 Å². The van der Waals surface area contributed by atoms with Gasteiger partial charge in [-0.05, 0) is 30.4 Å². The summed E-state index contributed by atoms with van der Waals surface area (Å²) in [4.78, 5) is 14.3. The van der Waals surface area contributed by atoms with Crippen LogP contribution in [0.2, 0.25) is 0 Å². The number of carbonyl (C=O) groups is 1. The summed E-state index contributed by atoms with van der Waals surface area (Å²) >= 11 is 0. The van der Waals surface area contributed by atoms with E-state index in [1.54, 1.807) is 0 Å². The van der Waals surface area contributed by atoms with Gasteiger partial charge < -0.3 is 4.90 Å². The van der Waals surface area contributed by atoms with Crippen LogP contribution in [0.3, 0.4) is 0 Å². The summed E-state index contributed by atoms with van der Waals surface area (Å²) in [5, 5.41) is 0. The largest absolute Gasteiger partial charge is 0.338 e. The summed E-state index contributed by atoms with van der Waals surface area (Å²) in [5.41, 5.74) is 2.49. The average molecular weight is 279 g/mol. The van der Waals surface area contributed by atoms with Crippen molar-refractivity contribution in [3.05, 3.63) is 35.4 Å². The Hall–Kier alpha value is -1.45. The molecule has 1 aromatic rings. The van der Waals surface area contributed by atoms with Crippen LogP contribution in [0.25, 0.3) is 0 Å². The molecular formula is C16H19F2NO. The zero-order valence-corrected chi connectivity index (χ0v) is 11.4. The predicted molar refractivity (Wildman–Crippen MR) is 72.5 cm³/mol. The molecule has 0 saturated heterocycles. The third-order valence-corrected chi connectivity index (χ3v) is 4.51. The van der Waals surface area contributed by atoms with Crippen molar-refractivity contribution in [2.24, 2.45) is 5.92 Å². The number of alkyl halides is 2. The molecule has 1 aromatic carbocycles. The van der Waals surface area contributed by atoms with Crippen LogP contribution in [0, 0.1) is 5.92 Å². The maximum atomic E-state index is 13.2. The molecule has 1 fully saturated rings. The third kappa shape index (κ3) is 2.69. The van der Waals surface area contributed by atoms with Crippen LogP contribution in [0.5, 0.6) is 0 Å². The number of hydrogen-bond acceptors (Lipinski definition) is 1. The molecule has 1 heterocycles. The number of rotatable bonds is 1. The lowest BCUT2D eigenvalue weighted by molar-refractivity contribution is -0.140. The van der Waals surface area contributed by atoms with Gasteiger partial charge in [0.15, 0.2) is 0 Å². The highest BCUT2D eigenvalue weighted by molar-refractivity contribution is 5.79. The normalized spacial score (nSPS) is 22.4. The molecule has 0 bridgehead atoms. The standard InChI is InChI=1S/C16H19F2NO/c17-16(18)8-5-13(6-9-16)15(20)19-10-7-12-3-1-2-4-14(12)11-19/h1-4,13H,5-11H2. The average Bonchev–Trinajstić information content (AvgIpc) is 2.46. The first-order valence-corrected chi connectivity index (χ1v) is 7.28. The van der Waals surface area contributed by atoms with Gasteiger partial charge in [0.25, 0.3) is 0 Å². The fourth-order valence-electron chi connectivity index (χ4n) is 3.23. The molecule has 2 aliphatic rings. The van der Waals surface area contributed by atoms with E-state index in [9.17, 15) is 13.6 Å². The van der Waals surface area contributed by atoms with Gasteiger partial charge in [0, 0.05) is 31.8 Å². The highest BCUT2D eigenvalue weighted by atomic mass is 19.3. The van der Waals surface area contributed by atoms with Crippen LogP contribution in [-0.2, 0) is 17.8 Å². The first kappa shape index (κ1) is 13.5. The molecule has 0 atom stereocenters. The molecule has 20 heavy (non-hydrogen) atoms. The minimum atomic E-state index is -2.56. The van der Waals surface area contributed by atoms with E-state index in [0.717, 1.165) is 6.42 Å². The van der Waals surface area contributed by atoms with E-state index in [1.165, 1.54) is 11.1 Å². The third-order valence-electron chi connectivity index (χ3n) is 4.51. The molecule has 1 aliphatic carbocycles. The van der Waals surface area contributed by atoms with Crippen molar-refractivity contribution in [1.29, 1.82) is 0 Å². The maximum absolute atomic E-state index is 13.2. The van der Waals surface area contributed by atoms with Crippen LogP contribution in [-0.4, -0.2) is 23.3 Å². The van der Waals surface area contributed by atoms with E-state index in [4.69, 9.17) is 0 Å². The van der Waals surface area contributed by atoms with Crippen molar-refractivity contribution < 1.29 is 13.6 Å². The van der Waals surface area contributed by atoms with Crippen LogP contribution in [0.1, 0.15) is 36.8 Å². The van der Waals surface area contributed by atoms with Gasteiger partial charge in [-0.15, -0.1) is 0 Å². The van der Waals surface area contributed by atoms with E-state index in [1.807, 2.05) is 23.1 Å². The molecule has 1 aliphatic heterocycles. The van der Waals surface area contributed by atoms with Crippen molar-refractivity contribution in [3.8, 4) is 0 Å². The molecule has 1 saturated carbocycles. The Balaban J connectivity index is 1.65. The number of amides is 1. The Labute approximate surface area is 117 Å². The Bertz CT molecular complexity index is 505. The summed E-state index contributed by atoms with van der Waals surface area (Å²) in [5.74, 6) is -2.71. The number of fused-ring (bicyclic) bond motifs is 1. The van der Waals surface area contributed by atoms with Gasteiger partial charge in [0.1, 0.15) is 0 Å². The van der Waals surface area contributed by atoms with Crippen molar-refractivity contribution in [1.82, 2.24) is 4.90 Å². The monoisotopic (exact) mass is 279 g/mol.